The zero-order valence-corrected chi connectivity index (χ0v) is 17.3. The van der Waals surface area contributed by atoms with Gasteiger partial charge in [-0.25, -0.2) is 4.79 Å². The first-order valence-electron chi connectivity index (χ1n) is 9.81. The quantitative estimate of drug-likeness (QED) is 0.662. The van der Waals surface area contributed by atoms with Gasteiger partial charge >= 0.3 is 5.97 Å². The molecule has 2 aliphatic heterocycles. The van der Waals surface area contributed by atoms with Crippen LogP contribution < -0.4 is 10.1 Å². The molecule has 0 unspecified atom stereocenters. The number of β-lactam (4-membered cyclic amide) rings is 1. The van der Waals surface area contributed by atoms with Gasteiger partial charge in [0.1, 0.15) is 22.9 Å². The maximum atomic E-state index is 13.0. The van der Waals surface area contributed by atoms with Crippen LogP contribution in [0.1, 0.15) is 38.7 Å². The lowest BCUT2D eigenvalue weighted by Crippen LogP contribution is -2.71. The molecule has 1 saturated heterocycles. The molecule has 154 valence electrons. The van der Waals surface area contributed by atoms with E-state index in [-0.39, 0.29) is 22.9 Å². The molecule has 2 fully saturated rings. The molecule has 0 aromatic heterocycles. The van der Waals surface area contributed by atoms with Gasteiger partial charge in [0.2, 0.25) is 5.91 Å². The highest BCUT2D eigenvalue weighted by Crippen LogP contribution is 2.49. The molecule has 1 aromatic carbocycles. The fourth-order valence-corrected chi connectivity index (χ4v) is 5.21. The third-order valence-electron chi connectivity index (χ3n) is 5.71. The Morgan fingerprint density at radius 2 is 2.00 bits per heavy atom. The number of rotatable bonds is 7. The fourth-order valence-electron chi connectivity index (χ4n) is 3.92. The van der Waals surface area contributed by atoms with Gasteiger partial charge < -0.3 is 15.2 Å². The van der Waals surface area contributed by atoms with Crippen LogP contribution in [-0.2, 0) is 19.8 Å². The third kappa shape index (κ3) is 3.29. The average molecular weight is 416 g/mol. The van der Waals surface area contributed by atoms with E-state index >= 15 is 0 Å². The number of carbonyl (C=O) groups excluding carboxylic acids is 2. The third-order valence-corrected chi connectivity index (χ3v) is 7.14. The van der Waals surface area contributed by atoms with E-state index in [9.17, 15) is 19.5 Å². The SMILES string of the molecule is CCCOc1ccc(C2(C(=O)N[C@H]3C(=O)N4C(C(=O)O)=C(C)CS[C@H]34)CC2)cc1. The molecule has 2 amide bonds. The maximum Gasteiger partial charge on any atom is 0.352 e. The minimum atomic E-state index is -1.10. The lowest BCUT2D eigenvalue weighted by atomic mass is 9.93. The van der Waals surface area contributed by atoms with E-state index in [0.717, 1.165) is 30.6 Å². The highest BCUT2D eigenvalue weighted by Gasteiger charge is 2.57. The molecule has 3 aliphatic rings. The maximum absolute atomic E-state index is 13.0. The summed E-state index contributed by atoms with van der Waals surface area (Å²) in [5, 5.41) is 12.0. The van der Waals surface area contributed by atoms with E-state index in [1.807, 2.05) is 31.2 Å². The van der Waals surface area contributed by atoms with Gasteiger partial charge in [-0.3, -0.25) is 14.5 Å². The van der Waals surface area contributed by atoms with Crippen molar-refractivity contribution in [2.75, 3.05) is 12.4 Å². The summed E-state index contributed by atoms with van der Waals surface area (Å²) in [6, 6.07) is 6.89. The second-order valence-corrected chi connectivity index (χ2v) is 8.85. The van der Waals surface area contributed by atoms with Gasteiger partial charge in [0.25, 0.3) is 5.91 Å². The van der Waals surface area contributed by atoms with Crippen LogP contribution in [0, 0.1) is 0 Å². The van der Waals surface area contributed by atoms with Crippen LogP contribution in [0.3, 0.4) is 0 Å². The van der Waals surface area contributed by atoms with E-state index < -0.39 is 17.4 Å². The number of carboxylic acids is 1. The molecule has 2 atom stereocenters. The number of fused-ring (bicyclic) bond motifs is 1. The van der Waals surface area contributed by atoms with E-state index in [0.29, 0.717) is 17.9 Å². The largest absolute Gasteiger partial charge is 0.494 e. The van der Waals surface area contributed by atoms with Crippen LogP contribution in [0.2, 0.25) is 0 Å². The number of hydrogen-bond donors (Lipinski definition) is 2. The molecule has 0 radical (unpaired) electrons. The van der Waals surface area contributed by atoms with Crippen molar-refractivity contribution >= 4 is 29.5 Å². The Morgan fingerprint density at radius 1 is 1.31 bits per heavy atom. The second-order valence-electron chi connectivity index (χ2n) is 7.75. The van der Waals surface area contributed by atoms with Crippen LogP contribution in [0.15, 0.2) is 35.5 Å². The number of thioether (sulfide) groups is 1. The summed E-state index contributed by atoms with van der Waals surface area (Å²) in [5.41, 5.74) is 1.03. The summed E-state index contributed by atoms with van der Waals surface area (Å²) < 4.78 is 5.60. The van der Waals surface area contributed by atoms with Crippen molar-refractivity contribution in [3.63, 3.8) is 0 Å². The van der Waals surface area contributed by atoms with Crippen LogP contribution in [0.4, 0.5) is 0 Å². The lowest BCUT2D eigenvalue weighted by Gasteiger charge is -2.49. The first-order valence-corrected chi connectivity index (χ1v) is 10.9. The van der Waals surface area contributed by atoms with Crippen LogP contribution >= 0.6 is 11.8 Å². The van der Waals surface area contributed by atoms with Crippen molar-refractivity contribution in [3.8, 4) is 5.75 Å². The summed E-state index contributed by atoms with van der Waals surface area (Å²) in [5.74, 6) is -0.311. The number of amides is 2. The monoisotopic (exact) mass is 416 g/mol. The number of benzene rings is 1. The van der Waals surface area contributed by atoms with Crippen LogP contribution in [0.25, 0.3) is 0 Å². The molecule has 2 N–H and O–H groups in total. The van der Waals surface area contributed by atoms with E-state index in [2.05, 4.69) is 5.32 Å². The van der Waals surface area contributed by atoms with E-state index in [4.69, 9.17) is 4.74 Å². The number of aliphatic carboxylic acids is 1. The van der Waals surface area contributed by atoms with E-state index in [1.165, 1.54) is 16.7 Å². The highest BCUT2D eigenvalue weighted by atomic mass is 32.2. The first kappa shape index (κ1) is 19.8. The zero-order valence-electron chi connectivity index (χ0n) is 16.4. The molecular formula is C21H24N2O5S. The normalized spacial score (nSPS) is 24.5. The van der Waals surface area contributed by atoms with Crippen molar-refractivity contribution in [2.24, 2.45) is 0 Å². The van der Waals surface area contributed by atoms with Crippen LogP contribution in [0.5, 0.6) is 5.75 Å². The molecule has 7 nitrogen and oxygen atoms in total. The van der Waals surface area contributed by atoms with Gasteiger partial charge in [0.05, 0.1) is 12.0 Å². The summed E-state index contributed by atoms with van der Waals surface area (Å²) in [7, 11) is 0. The van der Waals surface area contributed by atoms with Crippen LogP contribution in [-0.4, -0.2) is 51.6 Å². The number of ether oxygens (including phenoxy) is 1. The van der Waals surface area contributed by atoms with Gasteiger partial charge in [0, 0.05) is 5.75 Å². The fraction of sp³-hybridized carbons (Fsp3) is 0.476. The van der Waals surface area contributed by atoms with Gasteiger partial charge in [0.15, 0.2) is 0 Å². The number of carbonyl (C=O) groups is 3. The molecule has 4 rings (SSSR count). The van der Waals surface area contributed by atoms with E-state index in [1.54, 1.807) is 6.92 Å². The lowest BCUT2D eigenvalue weighted by molar-refractivity contribution is -0.151. The van der Waals surface area contributed by atoms with Gasteiger partial charge in [-0.2, -0.15) is 0 Å². The minimum absolute atomic E-state index is 0.0491. The Hall–Kier alpha value is -2.48. The highest BCUT2D eigenvalue weighted by molar-refractivity contribution is 8.00. The van der Waals surface area contributed by atoms with Gasteiger partial charge in [-0.15, -0.1) is 11.8 Å². The summed E-state index contributed by atoms with van der Waals surface area (Å²) >= 11 is 1.49. The van der Waals surface area contributed by atoms with Crippen molar-refractivity contribution in [1.82, 2.24) is 10.2 Å². The second kappa shape index (κ2) is 7.40. The molecule has 2 heterocycles. The smallest absolute Gasteiger partial charge is 0.352 e. The van der Waals surface area contributed by atoms with Crippen molar-refractivity contribution in [2.45, 2.75) is 49.9 Å². The summed E-state index contributed by atoms with van der Waals surface area (Å²) in [6.45, 7) is 4.41. The molecule has 1 saturated carbocycles. The van der Waals surface area contributed by atoms with Crippen molar-refractivity contribution in [3.05, 3.63) is 41.1 Å². The number of nitrogens with one attached hydrogen (secondary N) is 1. The summed E-state index contributed by atoms with van der Waals surface area (Å²) in [4.78, 5) is 38.5. The molecule has 29 heavy (non-hydrogen) atoms. The minimum Gasteiger partial charge on any atom is -0.494 e. The molecule has 1 aromatic rings. The molecule has 0 spiro atoms. The Kier molecular flexibility index (Phi) is 5.06. The standard InChI is InChI=1S/C21H24N2O5S/c1-3-10-28-14-6-4-13(5-7-14)21(8-9-21)20(27)22-15-17(24)23-16(19(25)26)12(2)11-29-18(15)23/h4-7,15,18H,3,8-11H2,1-2H3,(H,22,27)(H,25,26)/t15-,18+/m0/s1. The van der Waals surface area contributed by atoms with Crippen molar-refractivity contribution in [1.29, 1.82) is 0 Å². The molecule has 1 aliphatic carbocycles. The van der Waals surface area contributed by atoms with Gasteiger partial charge in [-0.05, 0) is 49.5 Å². The molecule has 8 heteroatoms. The van der Waals surface area contributed by atoms with Crippen molar-refractivity contribution < 1.29 is 24.2 Å². The summed E-state index contributed by atoms with van der Waals surface area (Å²) in [6.07, 6.45) is 2.39. The number of nitrogens with zero attached hydrogens (tertiary/aromatic N) is 1. The Morgan fingerprint density at radius 3 is 2.59 bits per heavy atom. The average Bonchev–Trinajstić information content (AvgIpc) is 3.52. The molecular weight excluding hydrogens is 392 g/mol. The predicted octanol–water partition coefficient (Wildman–Crippen LogP) is 2.27. The Labute approximate surface area is 173 Å². The molecule has 0 bridgehead atoms. The Balaban J connectivity index is 1.45. The number of hydrogen-bond acceptors (Lipinski definition) is 5. The number of carboxylic acid groups (broad SMARTS) is 1. The first-order chi connectivity index (χ1) is 13.9. The predicted molar refractivity (Wildman–Crippen MR) is 108 cm³/mol. The Bertz CT molecular complexity index is 891. The topological polar surface area (TPSA) is 95.9 Å². The van der Waals surface area contributed by atoms with Gasteiger partial charge in [-0.1, -0.05) is 19.1 Å². The zero-order chi connectivity index (χ0) is 20.8.